The van der Waals surface area contributed by atoms with E-state index in [0.29, 0.717) is 12.0 Å². The molecule has 4 rings (SSSR count). The molecule has 0 aliphatic heterocycles. The van der Waals surface area contributed by atoms with E-state index in [9.17, 15) is 4.79 Å². The monoisotopic (exact) mass is 378 g/mol. The fraction of sp³-hybridized carbons (Fsp3) is 0.500. The molecule has 2 aromatic rings. The van der Waals surface area contributed by atoms with E-state index in [1.165, 1.54) is 24.0 Å². The van der Waals surface area contributed by atoms with Crippen molar-refractivity contribution < 1.29 is 9.53 Å². The Kier molecular flexibility index (Phi) is 5.24. The van der Waals surface area contributed by atoms with Crippen molar-refractivity contribution in [2.45, 2.75) is 63.9 Å². The van der Waals surface area contributed by atoms with Crippen LogP contribution in [-0.2, 0) is 16.6 Å². The number of fused-ring (bicyclic) bond motifs is 3. The Hall–Kier alpha value is -2.20. The van der Waals surface area contributed by atoms with Gasteiger partial charge < -0.3 is 10.1 Å². The van der Waals surface area contributed by atoms with Crippen LogP contribution in [0.4, 0.5) is 5.69 Å². The normalized spacial score (nSPS) is 26.7. The maximum absolute atomic E-state index is 12.8. The van der Waals surface area contributed by atoms with Gasteiger partial charge in [-0.3, -0.25) is 9.78 Å². The highest BCUT2D eigenvalue weighted by Gasteiger charge is 2.43. The Labute approximate surface area is 167 Å². The maximum Gasteiger partial charge on any atom is 0.255 e. The third kappa shape index (κ3) is 3.46. The molecule has 1 N–H and O–H groups in total. The molecule has 2 aliphatic rings. The van der Waals surface area contributed by atoms with Crippen LogP contribution >= 0.6 is 0 Å². The molecule has 1 amide bonds. The number of benzene rings is 1. The van der Waals surface area contributed by atoms with E-state index in [-0.39, 0.29) is 11.3 Å². The first-order chi connectivity index (χ1) is 13.5. The van der Waals surface area contributed by atoms with Crippen LogP contribution in [0.3, 0.4) is 0 Å². The number of aromatic nitrogens is 1. The second-order valence-corrected chi connectivity index (χ2v) is 8.60. The molecule has 3 atom stereocenters. The third-order valence-corrected chi connectivity index (χ3v) is 7.00. The molecule has 148 valence electrons. The number of carbonyl (C=O) groups is 1. The molecule has 1 aromatic carbocycles. The molecule has 2 aliphatic carbocycles. The summed E-state index contributed by atoms with van der Waals surface area (Å²) in [6.45, 7) is 4.33. The summed E-state index contributed by atoms with van der Waals surface area (Å²) in [4.78, 5) is 17.1. The van der Waals surface area contributed by atoms with Gasteiger partial charge >= 0.3 is 0 Å². The average Bonchev–Trinajstić information content (AvgIpc) is 2.84. The van der Waals surface area contributed by atoms with E-state index < -0.39 is 0 Å². The minimum absolute atomic E-state index is 0.0621. The van der Waals surface area contributed by atoms with Crippen molar-refractivity contribution in [3.05, 3.63) is 58.9 Å². The van der Waals surface area contributed by atoms with Crippen molar-refractivity contribution in [2.24, 2.45) is 5.92 Å². The van der Waals surface area contributed by atoms with E-state index in [4.69, 9.17) is 4.74 Å². The lowest BCUT2D eigenvalue weighted by atomic mass is 9.62. The van der Waals surface area contributed by atoms with Gasteiger partial charge in [0.05, 0.1) is 17.5 Å². The zero-order valence-electron chi connectivity index (χ0n) is 17.1. The van der Waals surface area contributed by atoms with Gasteiger partial charge in [-0.25, -0.2) is 0 Å². The van der Waals surface area contributed by atoms with Gasteiger partial charge in [-0.1, -0.05) is 13.0 Å². The van der Waals surface area contributed by atoms with Gasteiger partial charge in [0.15, 0.2) is 0 Å². The summed E-state index contributed by atoms with van der Waals surface area (Å²) >= 11 is 0. The quantitative estimate of drug-likeness (QED) is 0.813. The average molecular weight is 379 g/mol. The molecule has 0 bridgehead atoms. The molecular formula is C24H30N2O2. The molecule has 1 saturated carbocycles. The molecule has 0 spiro atoms. The standard InChI is InChI=1S/C24H30N2O2/c1-16-22(8-5-13-25-16)26-23(27)18-9-10-21-17(14-18)6-4-7-19-15-20(28-3)11-12-24(19,21)2/h5,8-10,13-14,19-20H,4,6-7,11-12,15H2,1-3H3,(H,26,27). The number of hydrogen-bond acceptors (Lipinski definition) is 3. The van der Waals surface area contributed by atoms with Crippen LogP contribution in [0.5, 0.6) is 0 Å². The lowest BCUT2D eigenvalue weighted by Crippen LogP contribution is -2.40. The number of nitrogens with zero attached hydrogens (tertiary/aromatic N) is 1. The van der Waals surface area contributed by atoms with Crippen LogP contribution in [0.1, 0.15) is 66.2 Å². The van der Waals surface area contributed by atoms with E-state index in [0.717, 1.165) is 42.6 Å². The van der Waals surface area contributed by atoms with Crippen molar-refractivity contribution >= 4 is 11.6 Å². The van der Waals surface area contributed by atoms with E-state index >= 15 is 0 Å². The second kappa shape index (κ2) is 7.67. The summed E-state index contributed by atoms with van der Waals surface area (Å²) in [6.07, 6.45) is 9.02. The summed E-state index contributed by atoms with van der Waals surface area (Å²) < 4.78 is 5.67. The third-order valence-electron chi connectivity index (χ3n) is 7.00. The van der Waals surface area contributed by atoms with Crippen molar-refractivity contribution in [2.75, 3.05) is 12.4 Å². The lowest BCUT2D eigenvalue weighted by Gasteiger charge is -2.44. The van der Waals surface area contributed by atoms with Crippen molar-refractivity contribution in [1.82, 2.24) is 4.98 Å². The number of ether oxygens (including phenoxy) is 1. The smallest absolute Gasteiger partial charge is 0.255 e. The predicted molar refractivity (Wildman–Crippen MR) is 112 cm³/mol. The molecule has 4 nitrogen and oxygen atoms in total. The summed E-state index contributed by atoms with van der Waals surface area (Å²) in [5.41, 5.74) is 5.31. The molecule has 3 unspecified atom stereocenters. The highest BCUT2D eigenvalue weighted by molar-refractivity contribution is 6.04. The predicted octanol–water partition coefficient (Wildman–Crippen LogP) is 5.05. The van der Waals surface area contributed by atoms with E-state index in [2.05, 4.69) is 29.4 Å². The molecule has 1 aromatic heterocycles. The molecule has 0 radical (unpaired) electrons. The van der Waals surface area contributed by atoms with Gasteiger partial charge in [0.2, 0.25) is 0 Å². The fourth-order valence-electron chi connectivity index (χ4n) is 5.21. The van der Waals surface area contributed by atoms with Gasteiger partial charge in [-0.05, 0) is 92.2 Å². The van der Waals surface area contributed by atoms with Crippen molar-refractivity contribution in [1.29, 1.82) is 0 Å². The first-order valence-electron chi connectivity index (χ1n) is 10.4. The highest BCUT2D eigenvalue weighted by Crippen LogP contribution is 2.49. The van der Waals surface area contributed by atoms with Crippen molar-refractivity contribution in [3.8, 4) is 0 Å². The van der Waals surface area contributed by atoms with Gasteiger partial charge in [-0.15, -0.1) is 0 Å². The van der Waals surface area contributed by atoms with Crippen LogP contribution in [-0.4, -0.2) is 24.1 Å². The fourth-order valence-corrected chi connectivity index (χ4v) is 5.21. The van der Waals surface area contributed by atoms with E-state index in [1.54, 1.807) is 6.20 Å². The number of rotatable bonds is 3. The summed E-state index contributed by atoms with van der Waals surface area (Å²) in [5.74, 6) is 0.595. The number of hydrogen-bond donors (Lipinski definition) is 1. The first kappa shape index (κ1) is 19.1. The Bertz CT molecular complexity index is 879. The summed E-state index contributed by atoms with van der Waals surface area (Å²) in [5, 5.41) is 3.01. The largest absolute Gasteiger partial charge is 0.381 e. The van der Waals surface area contributed by atoms with Crippen molar-refractivity contribution in [3.63, 3.8) is 0 Å². The first-order valence-corrected chi connectivity index (χ1v) is 10.4. The number of methoxy groups -OCH3 is 1. The second-order valence-electron chi connectivity index (χ2n) is 8.60. The molecule has 0 saturated heterocycles. The zero-order chi connectivity index (χ0) is 19.7. The number of amides is 1. The molecule has 1 fully saturated rings. The van der Waals surface area contributed by atoms with Crippen LogP contribution in [0.25, 0.3) is 0 Å². The van der Waals surface area contributed by atoms with Gasteiger partial charge in [0.1, 0.15) is 0 Å². The molecule has 1 heterocycles. The molecule has 28 heavy (non-hydrogen) atoms. The Morgan fingerprint density at radius 1 is 1.29 bits per heavy atom. The lowest BCUT2D eigenvalue weighted by molar-refractivity contribution is 0.0185. The highest BCUT2D eigenvalue weighted by atomic mass is 16.5. The molecular weight excluding hydrogens is 348 g/mol. The minimum Gasteiger partial charge on any atom is -0.381 e. The number of aryl methyl sites for hydroxylation is 2. The zero-order valence-corrected chi connectivity index (χ0v) is 17.1. The van der Waals surface area contributed by atoms with Crippen LogP contribution in [0, 0.1) is 12.8 Å². The topological polar surface area (TPSA) is 51.2 Å². The van der Waals surface area contributed by atoms with E-state index in [1.807, 2.05) is 32.2 Å². The van der Waals surface area contributed by atoms with Crippen LogP contribution < -0.4 is 5.32 Å². The number of carbonyl (C=O) groups excluding carboxylic acids is 1. The Morgan fingerprint density at radius 2 is 2.14 bits per heavy atom. The Balaban J connectivity index is 1.61. The van der Waals surface area contributed by atoms with Gasteiger partial charge in [0, 0.05) is 18.9 Å². The minimum atomic E-state index is -0.0621. The number of pyridine rings is 1. The molecule has 4 heteroatoms. The number of anilines is 1. The maximum atomic E-state index is 12.8. The Morgan fingerprint density at radius 3 is 2.93 bits per heavy atom. The van der Waals surface area contributed by atoms with Crippen LogP contribution in [0.15, 0.2) is 36.5 Å². The number of nitrogens with one attached hydrogen (secondary N) is 1. The van der Waals surface area contributed by atoms with Gasteiger partial charge in [-0.2, -0.15) is 0 Å². The van der Waals surface area contributed by atoms with Crippen LogP contribution in [0.2, 0.25) is 0 Å². The SMILES string of the molecule is COC1CCC2(C)c3ccc(C(=O)Nc4cccnc4C)cc3CCCC2C1. The summed E-state index contributed by atoms with van der Waals surface area (Å²) in [6, 6.07) is 10.1. The summed E-state index contributed by atoms with van der Waals surface area (Å²) in [7, 11) is 1.84. The van der Waals surface area contributed by atoms with Gasteiger partial charge in [0.25, 0.3) is 5.91 Å².